The number of benzene rings is 2. The van der Waals surface area contributed by atoms with Gasteiger partial charge in [-0.2, -0.15) is 13.2 Å². The van der Waals surface area contributed by atoms with E-state index < -0.39 is 11.7 Å². The Labute approximate surface area is 143 Å². The predicted molar refractivity (Wildman–Crippen MR) is 86.5 cm³/mol. The zero-order chi connectivity index (χ0) is 18.0. The molecule has 128 valence electrons. The molecule has 3 aromatic rings. The lowest BCUT2D eigenvalue weighted by Gasteiger charge is -2.07. The van der Waals surface area contributed by atoms with Gasteiger partial charge in [-0.1, -0.05) is 12.1 Å². The number of Topliss-reactive ketones (excluding diaryl/α,β-unsaturated/α-hetero) is 1. The van der Waals surface area contributed by atoms with Crippen molar-refractivity contribution in [3.05, 3.63) is 83.9 Å². The van der Waals surface area contributed by atoms with E-state index in [2.05, 4.69) is 0 Å². The number of hydrogen-bond donors (Lipinski definition) is 0. The van der Waals surface area contributed by atoms with Crippen molar-refractivity contribution in [1.29, 1.82) is 0 Å². The number of carbonyl (C=O) groups is 1. The minimum Gasteiger partial charge on any atom is -0.295 e. The Kier molecular flexibility index (Phi) is 4.44. The number of halogens is 3. The van der Waals surface area contributed by atoms with Gasteiger partial charge >= 0.3 is 6.18 Å². The summed E-state index contributed by atoms with van der Waals surface area (Å²) in [5.74, 6) is -0.00123. The van der Waals surface area contributed by atoms with E-state index in [1.165, 1.54) is 13.0 Å². The Balaban J connectivity index is 1.79. The molecule has 25 heavy (non-hydrogen) atoms. The van der Waals surface area contributed by atoms with Crippen molar-refractivity contribution >= 4 is 5.78 Å². The van der Waals surface area contributed by atoms with Crippen molar-refractivity contribution < 1.29 is 22.5 Å². The summed E-state index contributed by atoms with van der Waals surface area (Å²) < 4.78 is 42.0. The molecule has 0 N–H and O–H groups in total. The van der Waals surface area contributed by atoms with Gasteiger partial charge in [0.2, 0.25) is 6.33 Å². The van der Waals surface area contributed by atoms with Crippen LogP contribution in [0.1, 0.15) is 28.4 Å². The Morgan fingerprint density at radius 2 is 1.84 bits per heavy atom. The van der Waals surface area contributed by atoms with Gasteiger partial charge in [-0.05, 0) is 48.9 Å². The number of alkyl halides is 3. The number of rotatable bonds is 4. The molecule has 0 radical (unpaired) electrons. The van der Waals surface area contributed by atoms with Gasteiger partial charge in [0.05, 0.1) is 5.56 Å². The molecule has 6 heteroatoms. The first-order valence-electron chi connectivity index (χ1n) is 7.67. The van der Waals surface area contributed by atoms with E-state index >= 15 is 0 Å². The van der Waals surface area contributed by atoms with Crippen LogP contribution in [0.4, 0.5) is 13.2 Å². The van der Waals surface area contributed by atoms with Gasteiger partial charge in [-0.3, -0.25) is 4.79 Å². The standard InChI is InChI=1S/C19H16F3N2O/c1-14(25)16-5-7-18(8-6-16)24-10-9-23(13-24)12-15-3-2-4-17(11-15)19(20,21)22/h2-11,13H,12H2,1H3/q+1. The number of aromatic nitrogens is 2. The zero-order valence-electron chi connectivity index (χ0n) is 13.5. The van der Waals surface area contributed by atoms with Crippen molar-refractivity contribution in [1.82, 2.24) is 4.57 Å². The number of nitrogens with zero attached hydrogens (tertiary/aromatic N) is 2. The summed E-state index contributed by atoms with van der Waals surface area (Å²) in [4.78, 5) is 11.3. The number of imidazole rings is 1. The van der Waals surface area contributed by atoms with Crippen LogP contribution in [0.3, 0.4) is 0 Å². The van der Waals surface area contributed by atoms with E-state index in [9.17, 15) is 18.0 Å². The van der Waals surface area contributed by atoms with Crippen LogP contribution in [0.5, 0.6) is 0 Å². The second-order valence-corrected chi connectivity index (χ2v) is 5.79. The van der Waals surface area contributed by atoms with Crippen molar-refractivity contribution in [2.75, 3.05) is 0 Å². The summed E-state index contributed by atoms with van der Waals surface area (Å²) in [6, 6.07) is 12.4. The molecule has 1 heterocycles. The van der Waals surface area contributed by atoms with Gasteiger partial charge in [-0.15, -0.1) is 0 Å². The second-order valence-electron chi connectivity index (χ2n) is 5.79. The molecule has 0 saturated carbocycles. The highest BCUT2D eigenvalue weighted by Crippen LogP contribution is 2.29. The highest BCUT2D eigenvalue weighted by molar-refractivity contribution is 5.94. The Morgan fingerprint density at radius 3 is 2.48 bits per heavy atom. The second kappa shape index (κ2) is 6.55. The third-order valence-corrected chi connectivity index (χ3v) is 3.88. The number of carbonyl (C=O) groups excluding carboxylic acids is 1. The maximum absolute atomic E-state index is 12.8. The van der Waals surface area contributed by atoms with Crippen LogP contribution >= 0.6 is 0 Å². The fraction of sp³-hybridized carbons (Fsp3) is 0.158. The van der Waals surface area contributed by atoms with E-state index in [1.54, 1.807) is 35.3 Å². The van der Waals surface area contributed by atoms with Crippen LogP contribution in [0.15, 0.2) is 67.3 Å². The van der Waals surface area contributed by atoms with Crippen molar-refractivity contribution in [3.8, 4) is 5.69 Å². The van der Waals surface area contributed by atoms with Crippen molar-refractivity contribution in [2.45, 2.75) is 19.6 Å². The van der Waals surface area contributed by atoms with E-state index in [4.69, 9.17) is 0 Å². The molecule has 3 nitrogen and oxygen atoms in total. The third kappa shape index (κ3) is 3.96. The van der Waals surface area contributed by atoms with Crippen LogP contribution in [0.2, 0.25) is 0 Å². The lowest BCUT2D eigenvalue weighted by molar-refractivity contribution is -0.687. The maximum atomic E-state index is 12.8. The topological polar surface area (TPSA) is 25.9 Å². The molecule has 0 bridgehead atoms. The molecular formula is C19H16F3N2O+. The van der Waals surface area contributed by atoms with E-state index in [1.807, 2.05) is 22.9 Å². The maximum Gasteiger partial charge on any atom is 0.416 e. The van der Waals surface area contributed by atoms with E-state index in [-0.39, 0.29) is 5.78 Å². The molecule has 2 aromatic carbocycles. The van der Waals surface area contributed by atoms with Gasteiger partial charge in [-0.25, -0.2) is 9.13 Å². The fourth-order valence-corrected chi connectivity index (χ4v) is 2.57. The summed E-state index contributed by atoms with van der Waals surface area (Å²) in [5, 5.41) is 0. The van der Waals surface area contributed by atoms with Crippen molar-refractivity contribution in [3.63, 3.8) is 0 Å². The lowest BCUT2D eigenvalue weighted by Crippen LogP contribution is -2.31. The minimum atomic E-state index is -4.34. The zero-order valence-corrected chi connectivity index (χ0v) is 13.5. The van der Waals surface area contributed by atoms with Gasteiger partial charge in [0.15, 0.2) is 5.78 Å². The average Bonchev–Trinajstić information content (AvgIpc) is 3.03. The Bertz CT molecular complexity index is 896. The van der Waals surface area contributed by atoms with Crippen LogP contribution < -0.4 is 4.57 Å². The van der Waals surface area contributed by atoms with Crippen LogP contribution in [-0.2, 0) is 12.7 Å². The molecule has 3 rings (SSSR count). The van der Waals surface area contributed by atoms with Gasteiger partial charge in [0, 0.05) is 5.56 Å². The molecule has 0 aliphatic carbocycles. The molecule has 0 saturated heterocycles. The summed E-state index contributed by atoms with van der Waals surface area (Å²) in [5.41, 5.74) is 1.43. The van der Waals surface area contributed by atoms with Gasteiger partial charge < -0.3 is 0 Å². The number of ketones is 1. The molecule has 0 spiro atoms. The molecule has 0 unspecified atom stereocenters. The van der Waals surface area contributed by atoms with E-state index in [0.29, 0.717) is 17.7 Å². The first-order chi connectivity index (χ1) is 11.8. The summed E-state index contributed by atoms with van der Waals surface area (Å²) >= 11 is 0. The SMILES string of the molecule is CC(=O)c1ccc(-n2cc[n+](Cc3cccc(C(F)(F)F)c3)c2)cc1. The lowest BCUT2D eigenvalue weighted by atomic mass is 10.1. The van der Waals surface area contributed by atoms with Gasteiger partial charge in [0.1, 0.15) is 24.6 Å². The largest absolute Gasteiger partial charge is 0.416 e. The molecule has 0 amide bonds. The van der Waals surface area contributed by atoms with Crippen LogP contribution in [0, 0.1) is 0 Å². The van der Waals surface area contributed by atoms with Crippen LogP contribution in [-0.4, -0.2) is 10.4 Å². The fourth-order valence-electron chi connectivity index (χ4n) is 2.57. The Morgan fingerprint density at radius 1 is 1.12 bits per heavy atom. The molecule has 0 fully saturated rings. The minimum absolute atomic E-state index is 0.00123. The first kappa shape index (κ1) is 17.0. The highest BCUT2D eigenvalue weighted by atomic mass is 19.4. The molecule has 1 aromatic heterocycles. The first-order valence-corrected chi connectivity index (χ1v) is 7.67. The summed E-state index contributed by atoms with van der Waals surface area (Å²) in [7, 11) is 0. The van der Waals surface area contributed by atoms with Crippen LogP contribution in [0.25, 0.3) is 5.69 Å². The molecule has 0 atom stereocenters. The highest BCUT2D eigenvalue weighted by Gasteiger charge is 2.30. The van der Waals surface area contributed by atoms with Crippen molar-refractivity contribution in [2.24, 2.45) is 0 Å². The molecule has 0 aliphatic rings. The average molecular weight is 345 g/mol. The number of hydrogen-bond acceptors (Lipinski definition) is 1. The summed E-state index contributed by atoms with van der Waals surface area (Å²) in [6.45, 7) is 1.84. The monoisotopic (exact) mass is 345 g/mol. The summed E-state index contributed by atoms with van der Waals surface area (Å²) in [6.07, 6.45) is 1.06. The predicted octanol–water partition coefficient (Wildman–Crippen LogP) is 4.03. The third-order valence-electron chi connectivity index (χ3n) is 3.88. The normalized spacial score (nSPS) is 11.5. The smallest absolute Gasteiger partial charge is 0.295 e. The van der Waals surface area contributed by atoms with Gasteiger partial charge in [0.25, 0.3) is 0 Å². The Hall–Kier alpha value is -2.89. The molecule has 0 aliphatic heterocycles. The molecular weight excluding hydrogens is 329 g/mol. The quantitative estimate of drug-likeness (QED) is 0.518. The van der Waals surface area contributed by atoms with E-state index in [0.717, 1.165) is 17.8 Å².